The second-order valence-corrected chi connectivity index (χ2v) is 5.69. The summed E-state index contributed by atoms with van der Waals surface area (Å²) in [7, 11) is 0. The van der Waals surface area contributed by atoms with E-state index in [1.54, 1.807) is 0 Å². The number of nitrogens with zero attached hydrogens (tertiary/aromatic N) is 2. The van der Waals surface area contributed by atoms with Gasteiger partial charge in [0.2, 0.25) is 0 Å². The van der Waals surface area contributed by atoms with Gasteiger partial charge < -0.3 is 14.6 Å². The van der Waals surface area contributed by atoms with Crippen LogP contribution in [-0.4, -0.2) is 29.2 Å². The van der Waals surface area contributed by atoms with Crippen LogP contribution in [0.2, 0.25) is 0 Å². The summed E-state index contributed by atoms with van der Waals surface area (Å²) in [5.41, 5.74) is 2.21. The highest BCUT2D eigenvalue weighted by Gasteiger charge is 2.30. The number of benzene rings is 1. The Morgan fingerprint density at radius 1 is 1.18 bits per heavy atom. The maximum absolute atomic E-state index is 6.12. The summed E-state index contributed by atoms with van der Waals surface area (Å²) >= 11 is 0. The van der Waals surface area contributed by atoms with Crippen molar-refractivity contribution in [2.45, 2.75) is 19.4 Å². The van der Waals surface area contributed by atoms with Gasteiger partial charge in [-0.05, 0) is 36.2 Å². The molecule has 22 heavy (non-hydrogen) atoms. The summed E-state index contributed by atoms with van der Waals surface area (Å²) < 4.78 is 6.12. The molecule has 1 aliphatic heterocycles. The molecule has 4 nitrogen and oxygen atoms in total. The van der Waals surface area contributed by atoms with Gasteiger partial charge in [-0.25, -0.2) is 4.98 Å². The monoisotopic (exact) mass is 293 g/mol. The van der Waals surface area contributed by atoms with Gasteiger partial charge in [-0.15, -0.1) is 0 Å². The summed E-state index contributed by atoms with van der Waals surface area (Å²) in [5.74, 6) is 2.03. The Labute approximate surface area is 129 Å². The van der Waals surface area contributed by atoms with Gasteiger partial charge in [0, 0.05) is 11.6 Å². The van der Waals surface area contributed by atoms with Gasteiger partial charge in [-0.2, -0.15) is 0 Å². The van der Waals surface area contributed by atoms with Crippen molar-refractivity contribution in [2.24, 2.45) is 0 Å². The second kappa shape index (κ2) is 5.37. The maximum Gasteiger partial charge on any atom is 0.139 e. The molecule has 4 rings (SSSR count). The number of hydrogen-bond donors (Lipinski definition) is 1. The zero-order valence-electron chi connectivity index (χ0n) is 12.6. The van der Waals surface area contributed by atoms with Crippen LogP contribution in [0.4, 0.5) is 5.82 Å². The first-order valence-corrected chi connectivity index (χ1v) is 7.77. The molecule has 0 amide bonds. The Kier molecular flexibility index (Phi) is 3.22. The molecule has 1 aliphatic rings. The van der Waals surface area contributed by atoms with Gasteiger partial charge in [0.1, 0.15) is 23.3 Å². The van der Waals surface area contributed by atoms with E-state index in [9.17, 15) is 0 Å². The molecule has 1 N–H and O–H groups in total. The Bertz CT molecular complexity index is 790. The van der Waals surface area contributed by atoms with Crippen molar-refractivity contribution in [1.29, 1.82) is 0 Å². The molecule has 1 fully saturated rings. The van der Waals surface area contributed by atoms with Crippen LogP contribution in [0.5, 0.6) is 5.75 Å². The highest BCUT2D eigenvalue weighted by Crippen LogP contribution is 2.26. The minimum absolute atomic E-state index is 0.244. The van der Waals surface area contributed by atoms with Gasteiger partial charge >= 0.3 is 0 Å². The van der Waals surface area contributed by atoms with Crippen LogP contribution in [0, 0.1) is 0 Å². The largest absolute Gasteiger partial charge is 0.486 e. The van der Waals surface area contributed by atoms with Crippen LogP contribution < -0.4 is 9.64 Å². The topological polar surface area (TPSA) is 41.1 Å². The Hall–Kier alpha value is -2.49. The molecule has 0 atom stereocenters. The zero-order valence-corrected chi connectivity index (χ0v) is 12.6. The summed E-state index contributed by atoms with van der Waals surface area (Å²) in [4.78, 5) is 10.1. The number of aryl methyl sites for hydroxylation is 1. The fourth-order valence-electron chi connectivity index (χ4n) is 2.89. The summed E-state index contributed by atoms with van der Waals surface area (Å²) in [5, 5.41) is 1.15. The van der Waals surface area contributed by atoms with Crippen molar-refractivity contribution < 1.29 is 4.74 Å². The normalized spacial score (nSPS) is 15.0. The minimum atomic E-state index is 0.244. The molecule has 1 saturated heterocycles. The average molecular weight is 293 g/mol. The van der Waals surface area contributed by atoms with Crippen molar-refractivity contribution in [2.75, 3.05) is 18.0 Å². The summed E-state index contributed by atoms with van der Waals surface area (Å²) in [6.45, 7) is 3.93. The number of aromatic amines is 1. The van der Waals surface area contributed by atoms with E-state index in [1.165, 1.54) is 5.56 Å². The molecule has 0 unspecified atom stereocenters. The lowest BCUT2D eigenvalue weighted by Gasteiger charge is -2.40. The highest BCUT2D eigenvalue weighted by atomic mass is 16.5. The number of pyridine rings is 1. The van der Waals surface area contributed by atoms with E-state index in [2.05, 4.69) is 52.1 Å². The lowest BCUT2D eigenvalue weighted by molar-refractivity contribution is 0.165. The zero-order chi connectivity index (χ0) is 14.9. The molecule has 0 saturated carbocycles. The first kappa shape index (κ1) is 13.2. The van der Waals surface area contributed by atoms with Crippen molar-refractivity contribution in [3.63, 3.8) is 0 Å². The summed E-state index contributed by atoms with van der Waals surface area (Å²) in [6, 6.07) is 14.5. The average Bonchev–Trinajstić information content (AvgIpc) is 2.98. The molecule has 3 heterocycles. The molecule has 1 aromatic carbocycles. The molecule has 0 radical (unpaired) electrons. The first-order valence-electron chi connectivity index (χ1n) is 7.77. The number of rotatable bonds is 4. The molecular weight excluding hydrogens is 274 g/mol. The second-order valence-electron chi connectivity index (χ2n) is 5.69. The fraction of sp³-hybridized carbons (Fsp3) is 0.278. The number of aromatic nitrogens is 2. The lowest BCUT2D eigenvalue weighted by Crippen LogP contribution is -2.54. The molecular formula is C18H19N3O. The van der Waals surface area contributed by atoms with E-state index in [-0.39, 0.29) is 6.10 Å². The number of nitrogens with one attached hydrogen (secondary N) is 1. The number of H-pyrrole nitrogens is 1. The van der Waals surface area contributed by atoms with Gasteiger partial charge in [0.25, 0.3) is 0 Å². The SMILES string of the molecule is CCc1ccccc1OC1CN(c2ccc3cc[nH]c3n2)C1. The molecule has 2 aromatic heterocycles. The number of anilines is 1. The third-order valence-corrected chi connectivity index (χ3v) is 4.21. The van der Waals surface area contributed by atoms with Gasteiger partial charge in [-0.1, -0.05) is 25.1 Å². The molecule has 4 heteroatoms. The molecule has 0 aliphatic carbocycles. The predicted octanol–water partition coefficient (Wildman–Crippen LogP) is 3.39. The van der Waals surface area contributed by atoms with Crippen molar-refractivity contribution in [3.05, 3.63) is 54.2 Å². The van der Waals surface area contributed by atoms with Crippen molar-refractivity contribution >= 4 is 16.9 Å². The number of para-hydroxylation sites is 1. The number of hydrogen-bond acceptors (Lipinski definition) is 3. The van der Waals surface area contributed by atoms with E-state index in [0.717, 1.165) is 42.1 Å². The number of fused-ring (bicyclic) bond motifs is 1. The predicted molar refractivity (Wildman–Crippen MR) is 88.5 cm³/mol. The van der Waals surface area contributed by atoms with Crippen molar-refractivity contribution in [1.82, 2.24) is 9.97 Å². The third-order valence-electron chi connectivity index (χ3n) is 4.21. The Morgan fingerprint density at radius 3 is 2.91 bits per heavy atom. The first-order chi connectivity index (χ1) is 10.8. The Morgan fingerprint density at radius 2 is 2.05 bits per heavy atom. The third kappa shape index (κ3) is 2.30. The Balaban J connectivity index is 1.43. The van der Waals surface area contributed by atoms with Gasteiger partial charge in [0.05, 0.1) is 13.1 Å². The molecule has 0 spiro atoms. The lowest BCUT2D eigenvalue weighted by atomic mass is 10.1. The quantitative estimate of drug-likeness (QED) is 0.801. The molecule has 112 valence electrons. The van der Waals surface area contributed by atoms with E-state index < -0.39 is 0 Å². The smallest absolute Gasteiger partial charge is 0.139 e. The van der Waals surface area contributed by atoms with Crippen LogP contribution >= 0.6 is 0 Å². The van der Waals surface area contributed by atoms with Crippen LogP contribution in [0.3, 0.4) is 0 Å². The van der Waals surface area contributed by atoms with Crippen molar-refractivity contribution in [3.8, 4) is 5.75 Å². The van der Waals surface area contributed by atoms with E-state index >= 15 is 0 Å². The van der Waals surface area contributed by atoms with E-state index in [1.807, 2.05) is 18.3 Å². The van der Waals surface area contributed by atoms with Crippen LogP contribution in [0.15, 0.2) is 48.7 Å². The summed E-state index contributed by atoms with van der Waals surface area (Å²) in [6.07, 6.45) is 3.16. The van der Waals surface area contributed by atoms with Gasteiger partial charge in [-0.3, -0.25) is 0 Å². The van der Waals surface area contributed by atoms with Crippen LogP contribution in [0.25, 0.3) is 11.0 Å². The number of ether oxygens (including phenoxy) is 1. The van der Waals surface area contributed by atoms with Crippen LogP contribution in [0.1, 0.15) is 12.5 Å². The van der Waals surface area contributed by atoms with E-state index in [0.29, 0.717) is 0 Å². The highest BCUT2D eigenvalue weighted by molar-refractivity contribution is 5.77. The molecule has 0 bridgehead atoms. The minimum Gasteiger partial charge on any atom is -0.486 e. The van der Waals surface area contributed by atoms with Crippen LogP contribution in [-0.2, 0) is 6.42 Å². The maximum atomic E-state index is 6.12. The van der Waals surface area contributed by atoms with E-state index in [4.69, 9.17) is 4.74 Å². The molecule has 3 aromatic rings. The standard InChI is InChI=1S/C18H19N3O/c1-2-13-5-3-4-6-16(13)22-15-11-21(12-15)17-8-7-14-9-10-19-18(14)20-17/h3-10,15H,2,11-12H2,1H3,(H,19,20). The van der Waals surface area contributed by atoms with Gasteiger partial charge in [0.15, 0.2) is 0 Å². The fourth-order valence-corrected chi connectivity index (χ4v) is 2.89.